The third-order valence-electron chi connectivity index (χ3n) is 3.82. The number of hydrogen-bond donors (Lipinski definition) is 3. The largest absolute Gasteiger partial charge is 0.399 e. The second-order valence-corrected chi connectivity index (χ2v) is 5.94. The van der Waals surface area contributed by atoms with E-state index in [0.717, 1.165) is 38.3 Å². The van der Waals surface area contributed by atoms with Gasteiger partial charge >= 0.3 is 0 Å². The Hall–Kier alpha value is -1.59. The molecule has 5 nitrogen and oxygen atoms in total. The Morgan fingerprint density at radius 2 is 2.14 bits per heavy atom. The molecule has 0 bridgehead atoms. The Labute approximate surface area is 126 Å². The van der Waals surface area contributed by atoms with Crippen LogP contribution in [0, 0.1) is 5.92 Å². The van der Waals surface area contributed by atoms with Crippen LogP contribution in [0.3, 0.4) is 0 Å². The number of nitrogen functional groups attached to an aromatic ring is 1. The van der Waals surface area contributed by atoms with Crippen molar-refractivity contribution in [1.29, 1.82) is 0 Å². The number of rotatable bonds is 4. The fraction of sp³-hybridized carbons (Fsp3) is 0.562. The lowest BCUT2D eigenvalue weighted by Crippen LogP contribution is -2.48. The lowest BCUT2D eigenvalue weighted by Gasteiger charge is -2.32. The van der Waals surface area contributed by atoms with E-state index in [4.69, 9.17) is 5.73 Å². The summed E-state index contributed by atoms with van der Waals surface area (Å²) in [6, 6.07) is 7.22. The van der Waals surface area contributed by atoms with Crippen LogP contribution in [0.25, 0.3) is 0 Å². The van der Waals surface area contributed by atoms with Gasteiger partial charge in [0, 0.05) is 31.0 Å². The number of carbonyl (C=O) groups excluding carboxylic acids is 1. The molecule has 0 radical (unpaired) electrons. The van der Waals surface area contributed by atoms with Crippen LogP contribution < -0.4 is 16.4 Å². The lowest BCUT2D eigenvalue weighted by molar-refractivity contribution is -0.122. The summed E-state index contributed by atoms with van der Waals surface area (Å²) >= 11 is 0. The maximum atomic E-state index is 12.7. The van der Waals surface area contributed by atoms with Crippen LogP contribution in [0.1, 0.15) is 20.3 Å². The van der Waals surface area contributed by atoms with Crippen LogP contribution in [0.5, 0.6) is 0 Å². The second kappa shape index (κ2) is 7.43. The first-order chi connectivity index (χ1) is 10.1. The van der Waals surface area contributed by atoms with Crippen molar-refractivity contribution in [2.75, 3.05) is 37.2 Å². The molecule has 1 unspecified atom stereocenters. The zero-order valence-corrected chi connectivity index (χ0v) is 12.9. The van der Waals surface area contributed by atoms with E-state index in [1.54, 1.807) is 6.07 Å². The highest BCUT2D eigenvalue weighted by Gasteiger charge is 2.29. The summed E-state index contributed by atoms with van der Waals surface area (Å²) in [5.41, 5.74) is 7.19. The van der Waals surface area contributed by atoms with Gasteiger partial charge in [0.05, 0.1) is 6.04 Å². The van der Waals surface area contributed by atoms with E-state index in [2.05, 4.69) is 29.4 Å². The molecule has 2 rings (SSSR count). The van der Waals surface area contributed by atoms with Crippen molar-refractivity contribution in [2.45, 2.75) is 26.3 Å². The minimum atomic E-state index is -0.105. The Balaban J connectivity index is 2.08. The molecule has 0 aromatic heterocycles. The van der Waals surface area contributed by atoms with Crippen molar-refractivity contribution < 1.29 is 4.79 Å². The Kier molecular flexibility index (Phi) is 5.59. The quantitative estimate of drug-likeness (QED) is 0.736. The number of carbonyl (C=O) groups is 1. The molecule has 0 aliphatic carbocycles. The summed E-state index contributed by atoms with van der Waals surface area (Å²) in [6.45, 7) is 8.03. The second-order valence-electron chi connectivity index (χ2n) is 5.94. The SMILES string of the molecule is CC(C)C(C(=O)Nc1cccc(N)c1)N1CCCNCC1. The standard InChI is InChI=1S/C16H26N4O/c1-12(2)15(20-9-4-7-18-8-10-20)16(21)19-14-6-3-5-13(17)11-14/h3,5-6,11-12,15,18H,4,7-10,17H2,1-2H3,(H,19,21). The molecule has 0 spiro atoms. The fourth-order valence-electron chi connectivity index (χ4n) is 2.87. The van der Waals surface area contributed by atoms with Crippen LogP contribution in [-0.2, 0) is 4.79 Å². The normalized spacial score (nSPS) is 18.2. The molecule has 1 atom stereocenters. The third-order valence-corrected chi connectivity index (χ3v) is 3.82. The van der Waals surface area contributed by atoms with Gasteiger partial charge in [-0.3, -0.25) is 9.69 Å². The van der Waals surface area contributed by atoms with Crippen molar-refractivity contribution in [3.8, 4) is 0 Å². The van der Waals surface area contributed by atoms with Crippen LogP contribution >= 0.6 is 0 Å². The maximum absolute atomic E-state index is 12.7. The molecule has 1 amide bonds. The first-order valence-corrected chi connectivity index (χ1v) is 7.69. The van der Waals surface area contributed by atoms with E-state index in [9.17, 15) is 4.79 Å². The van der Waals surface area contributed by atoms with Gasteiger partial charge in [-0.05, 0) is 37.1 Å². The van der Waals surface area contributed by atoms with Crippen molar-refractivity contribution in [3.63, 3.8) is 0 Å². The highest BCUT2D eigenvalue weighted by molar-refractivity contribution is 5.95. The number of anilines is 2. The van der Waals surface area contributed by atoms with Crippen molar-refractivity contribution in [3.05, 3.63) is 24.3 Å². The minimum absolute atomic E-state index is 0.0532. The molecule has 1 aliphatic rings. The van der Waals surface area contributed by atoms with Gasteiger partial charge in [0.1, 0.15) is 0 Å². The number of nitrogens with two attached hydrogens (primary N) is 1. The molecule has 1 saturated heterocycles. The van der Waals surface area contributed by atoms with E-state index < -0.39 is 0 Å². The Morgan fingerprint density at radius 3 is 2.86 bits per heavy atom. The van der Waals surface area contributed by atoms with Gasteiger partial charge < -0.3 is 16.4 Å². The van der Waals surface area contributed by atoms with Crippen molar-refractivity contribution in [1.82, 2.24) is 10.2 Å². The summed E-state index contributed by atoms with van der Waals surface area (Å²) in [7, 11) is 0. The smallest absolute Gasteiger partial charge is 0.241 e. The summed E-state index contributed by atoms with van der Waals surface area (Å²) < 4.78 is 0. The third kappa shape index (κ3) is 4.44. The van der Waals surface area contributed by atoms with Crippen molar-refractivity contribution >= 4 is 17.3 Å². The predicted octanol–water partition coefficient (Wildman–Crippen LogP) is 1.53. The monoisotopic (exact) mass is 290 g/mol. The zero-order valence-electron chi connectivity index (χ0n) is 12.9. The van der Waals surface area contributed by atoms with Crippen molar-refractivity contribution in [2.24, 2.45) is 5.92 Å². The Bertz CT molecular complexity index is 467. The van der Waals surface area contributed by atoms with Gasteiger partial charge in [0.15, 0.2) is 0 Å². The van der Waals surface area contributed by atoms with E-state index >= 15 is 0 Å². The van der Waals surface area contributed by atoms with Crippen LogP contribution in [0.15, 0.2) is 24.3 Å². The van der Waals surface area contributed by atoms with Crippen LogP contribution in [-0.4, -0.2) is 43.0 Å². The van der Waals surface area contributed by atoms with Gasteiger partial charge in [-0.2, -0.15) is 0 Å². The molecule has 0 saturated carbocycles. The molecule has 5 heteroatoms. The van der Waals surface area contributed by atoms with E-state index in [1.165, 1.54) is 0 Å². The number of nitrogens with zero attached hydrogens (tertiary/aromatic N) is 1. The molecule has 116 valence electrons. The minimum Gasteiger partial charge on any atom is -0.399 e. The van der Waals surface area contributed by atoms with Gasteiger partial charge in [-0.15, -0.1) is 0 Å². The Morgan fingerprint density at radius 1 is 1.33 bits per heavy atom. The van der Waals surface area contributed by atoms with Gasteiger partial charge in [0.2, 0.25) is 5.91 Å². The molecule has 1 aliphatic heterocycles. The average Bonchev–Trinajstić information content (AvgIpc) is 2.67. The van der Waals surface area contributed by atoms with Crippen LogP contribution in [0.2, 0.25) is 0 Å². The number of nitrogens with one attached hydrogen (secondary N) is 2. The molecule has 1 aromatic rings. The van der Waals surface area contributed by atoms with Crippen LogP contribution in [0.4, 0.5) is 11.4 Å². The zero-order chi connectivity index (χ0) is 15.2. The fourth-order valence-corrected chi connectivity index (χ4v) is 2.87. The molecule has 1 heterocycles. The van der Waals surface area contributed by atoms with E-state index in [-0.39, 0.29) is 17.9 Å². The number of amides is 1. The molecule has 21 heavy (non-hydrogen) atoms. The highest BCUT2D eigenvalue weighted by Crippen LogP contribution is 2.17. The molecule has 1 aromatic carbocycles. The van der Waals surface area contributed by atoms with Gasteiger partial charge in [0.25, 0.3) is 0 Å². The summed E-state index contributed by atoms with van der Waals surface area (Å²) in [6.07, 6.45) is 1.08. The van der Waals surface area contributed by atoms with Gasteiger partial charge in [-0.25, -0.2) is 0 Å². The molecular formula is C16H26N4O. The maximum Gasteiger partial charge on any atom is 0.241 e. The van der Waals surface area contributed by atoms with Gasteiger partial charge in [-0.1, -0.05) is 19.9 Å². The first kappa shape index (κ1) is 15.8. The number of hydrogen-bond acceptors (Lipinski definition) is 4. The summed E-state index contributed by atoms with van der Waals surface area (Å²) in [4.78, 5) is 14.9. The van der Waals surface area contributed by atoms with E-state index in [1.807, 2.05) is 18.2 Å². The predicted molar refractivity (Wildman–Crippen MR) is 87.2 cm³/mol. The first-order valence-electron chi connectivity index (χ1n) is 7.69. The number of benzene rings is 1. The average molecular weight is 290 g/mol. The highest BCUT2D eigenvalue weighted by atomic mass is 16.2. The topological polar surface area (TPSA) is 70.4 Å². The molecular weight excluding hydrogens is 264 g/mol. The summed E-state index contributed by atoms with van der Waals surface area (Å²) in [5.74, 6) is 0.321. The van der Waals surface area contributed by atoms with E-state index in [0.29, 0.717) is 5.69 Å². The molecule has 1 fully saturated rings. The molecule has 4 N–H and O–H groups in total. The summed E-state index contributed by atoms with van der Waals surface area (Å²) in [5, 5.41) is 6.38. The lowest BCUT2D eigenvalue weighted by atomic mass is 10.0.